The Labute approximate surface area is 109 Å². The predicted octanol–water partition coefficient (Wildman–Crippen LogP) is 2.38. The van der Waals surface area contributed by atoms with Crippen LogP contribution in [0.5, 0.6) is 0 Å². The van der Waals surface area contributed by atoms with Gasteiger partial charge in [-0.15, -0.1) is 0 Å². The van der Waals surface area contributed by atoms with Gasteiger partial charge < -0.3 is 9.64 Å². The number of amides is 1. The van der Waals surface area contributed by atoms with Crippen molar-refractivity contribution in [3.63, 3.8) is 0 Å². The van der Waals surface area contributed by atoms with E-state index in [1.807, 2.05) is 30.3 Å². The van der Waals surface area contributed by atoms with Crippen LogP contribution in [0.2, 0.25) is 5.31 Å². The first kappa shape index (κ1) is 11.6. The van der Waals surface area contributed by atoms with Gasteiger partial charge in [0.1, 0.15) is 6.61 Å². The van der Waals surface area contributed by atoms with Crippen molar-refractivity contribution in [3.05, 3.63) is 35.9 Å². The van der Waals surface area contributed by atoms with Crippen LogP contribution >= 0.6 is 0 Å². The zero-order valence-electron chi connectivity index (χ0n) is 10.3. The summed E-state index contributed by atoms with van der Waals surface area (Å²) < 4.78 is 5.31. The fourth-order valence-electron chi connectivity index (χ4n) is 2.63. The maximum Gasteiger partial charge on any atom is 0.410 e. The maximum absolute atomic E-state index is 11.9. The molecule has 2 fully saturated rings. The van der Waals surface area contributed by atoms with Crippen molar-refractivity contribution in [2.45, 2.75) is 24.8 Å². The van der Waals surface area contributed by atoms with E-state index in [9.17, 15) is 4.79 Å². The Kier molecular flexibility index (Phi) is 2.81. The Balaban J connectivity index is 1.50. The third kappa shape index (κ3) is 2.24. The van der Waals surface area contributed by atoms with Crippen LogP contribution in [-0.2, 0) is 11.3 Å². The summed E-state index contributed by atoms with van der Waals surface area (Å²) in [5.74, 6) is 0.482. The largest absolute Gasteiger partial charge is 0.445 e. The molecule has 1 amide bonds. The summed E-state index contributed by atoms with van der Waals surface area (Å²) in [5, 5.41) is 0.0240. The van der Waals surface area contributed by atoms with E-state index in [2.05, 4.69) is 0 Å². The van der Waals surface area contributed by atoms with Crippen LogP contribution in [0, 0.1) is 5.92 Å². The quantitative estimate of drug-likeness (QED) is 0.744. The highest BCUT2D eigenvalue weighted by Gasteiger charge is 2.52. The lowest BCUT2D eigenvalue weighted by Crippen LogP contribution is -2.38. The summed E-state index contributed by atoms with van der Waals surface area (Å²) in [6.07, 6.45) is 1.74. The second-order valence-corrected chi connectivity index (χ2v) is 5.37. The summed E-state index contributed by atoms with van der Waals surface area (Å²) in [4.78, 5) is 13.7. The molecule has 2 radical (unpaired) electrons. The van der Waals surface area contributed by atoms with Crippen molar-refractivity contribution in [2.75, 3.05) is 13.1 Å². The molecule has 18 heavy (non-hydrogen) atoms. The molecule has 1 saturated carbocycles. The molecule has 1 heterocycles. The summed E-state index contributed by atoms with van der Waals surface area (Å²) in [6.45, 7) is 1.82. The molecular weight excluding hydrogens is 225 g/mol. The Morgan fingerprint density at radius 3 is 2.94 bits per heavy atom. The SMILES string of the molecule is [B]C12CCN(C(=O)OCc3ccccc3)CC1C2. The standard InChI is InChI=1S/C14H16BNO2/c15-14-6-7-16(9-12(14)8-14)13(17)18-10-11-4-2-1-3-5-11/h1-5,12H,6-10H2. The summed E-state index contributed by atoms with van der Waals surface area (Å²) in [5.41, 5.74) is 1.02. The van der Waals surface area contributed by atoms with Gasteiger partial charge in [0, 0.05) is 13.1 Å². The van der Waals surface area contributed by atoms with Gasteiger partial charge in [0.25, 0.3) is 0 Å². The third-order valence-electron chi connectivity index (χ3n) is 4.03. The fraction of sp³-hybridized carbons (Fsp3) is 0.500. The molecule has 1 aliphatic heterocycles. The van der Waals surface area contributed by atoms with Gasteiger partial charge in [-0.2, -0.15) is 0 Å². The number of benzene rings is 1. The lowest BCUT2D eigenvalue weighted by atomic mass is 9.76. The van der Waals surface area contributed by atoms with Gasteiger partial charge in [0.2, 0.25) is 0 Å². The first-order valence-corrected chi connectivity index (χ1v) is 6.42. The Morgan fingerprint density at radius 2 is 2.22 bits per heavy atom. The van der Waals surface area contributed by atoms with Crippen molar-refractivity contribution in [2.24, 2.45) is 5.92 Å². The molecule has 1 aliphatic carbocycles. The first-order valence-electron chi connectivity index (χ1n) is 6.42. The lowest BCUT2D eigenvalue weighted by Gasteiger charge is -2.29. The predicted molar refractivity (Wildman–Crippen MR) is 69.4 cm³/mol. The van der Waals surface area contributed by atoms with Crippen LogP contribution in [0.1, 0.15) is 18.4 Å². The zero-order valence-corrected chi connectivity index (χ0v) is 10.3. The van der Waals surface area contributed by atoms with Crippen LogP contribution < -0.4 is 0 Å². The van der Waals surface area contributed by atoms with Crippen LogP contribution in [0.4, 0.5) is 4.79 Å². The van der Waals surface area contributed by atoms with Crippen molar-refractivity contribution < 1.29 is 9.53 Å². The van der Waals surface area contributed by atoms with Crippen molar-refractivity contribution >= 4 is 13.9 Å². The van der Waals surface area contributed by atoms with E-state index in [4.69, 9.17) is 12.6 Å². The van der Waals surface area contributed by atoms with Crippen LogP contribution in [0.15, 0.2) is 30.3 Å². The molecule has 2 atom stereocenters. The average Bonchev–Trinajstić information content (AvgIpc) is 3.07. The Bertz CT molecular complexity index is 450. The zero-order chi connectivity index (χ0) is 12.6. The van der Waals surface area contributed by atoms with E-state index in [1.165, 1.54) is 0 Å². The maximum atomic E-state index is 11.9. The smallest absolute Gasteiger partial charge is 0.410 e. The highest BCUT2D eigenvalue weighted by atomic mass is 16.6. The second-order valence-electron chi connectivity index (χ2n) is 5.37. The van der Waals surface area contributed by atoms with Crippen molar-refractivity contribution in [1.29, 1.82) is 0 Å². The third-order valence-corrected chi connectivity index (χ3v) is 4.03. The Morgan fingerprint density at radius 1 is 1.44 bits per heavy atom. The molecule has 0 bridgehead atoms. The highest BCUT2D eigenvalue weighted by Crippen LogP contribution is 2.62. The molecule has 1 saturated heterocycles. The molecule has 92 valence electrons. The monoisotopic (exact) mass is 241 g/mol. The van der Waals surface area contributed by atoms with Crippen molar-refractivity contribution in [3.8, 4) is 0 Å². The molecular formula is C14H16BNO2. The van der Waals surface area contributed by atoms with E-state index in [0.29, 0.717) is 12.5 Å². The number of fused-ring (bicyclic) bond motifs is 1. The molecule has 4 heteroatoms. The molecule has 0 aromatic heterocycles. The number of hydrogen-bond acceptors (Lipinski definition) is 2. The topological polar surface area (TPSA) is 29.5 Å². The number of hydrogen-bond donors (Lipinski definition) is 0. The van der Waals surface area contributed by atoms with Gasteiger partial charge in [-0.25, -0.2) is 4.79 Å². The highest BCUT2D eigenvalue weighted by molar-refractivity contribution is 6.17. The number of carbonyl (C=O) groups excluding carboxylic acids is 1. The van der Waals surface area contributed by atoms with Crippen molar-refractivity contribution in [1.82, 2.24) is 4.90 Å². The van der Waals surface area contributed by atoms with Gasteiger partial charge in [0.05, 0.1) is 7.85 Å². The minimum atomic E-state index is -0.215. The second kappa shape index (κ2) is 4.34. The Hall–Kier alpha value is -1.45. The van der Waals surface area contributed by atoms with Gasteiger partial charge >= 0.3 is 6.09 Å². The molecule has 3 nitrogen and oxygen atoms in total. The van der Waals surface area contributed by atoms with E-state index in [0.717, 1.165) is 31.5 Å². The van der Waals surface area contributed by atoms with Gasteiger partial charge in [0.15, 0.2) is 0 Å². The fourth-order valence-corrected chi connectivity index (χ4v) is 2.63. The number of carbonyl (C=O) groups is 1. The van der Waals surface area contributed by atoms with Gasteiger partial charge in [-0.05, 0) is 17.9 Å². The normalized spacial score (nSPS) is 29.6. The number of ether oxygens (including phenoxy) is 1. The molecule has 2 unspecified atom stereocenters. The molecule has 0 spiro atoms. The molecule has 3 rings (SSSR count). The molecule has 1 aromatic carbocycles. The molecule has 2 aliphatic rings. The van der Waals surface area contributed by atoms with Crippen LogP contribution in [-0.4, -0.2) is 31.9 Å². The van der Waals surface area contributed by atoms with E-state index < -0.39 is 0 Å². The van der Waals surface area contributed by atoms with Gasteiger partial charge in [-0.1, -0.05) is 42.1 Å². The lowest BCUT2D eigenvalue weighted by molar-refractivity contribution is 0.0885. The molecule has 0 N–H and O–H groups in total. The molecule has 1 aromatic rings. The number of rotatable bonds is 2. The first-order chi connectivity index (χ1) is 8.67. The van der Waals surface area contributed by atoms with E-state index in [1.54, 1.807) is 4.90 Å². The summed E-state index contributed by atoms with van der Waals surface area (Å²) in [7, 11) is 6.10. The van der Waals surface area contributed by atoms with Gasteiger partial charge in [-0.3, -0.25) is 0 Å². The summed E-state index contributed by atoms with van der Waals surface area (Å²) in [6, 6.07) is 9.74. The van der Waals surface area contributed by atoms with Crippen LogP contribution in [0.25, 0.3) is 0 Å². The minimum absolute atomic E-state index is 0.0240. The number of likely N-dealkylation sites (tertiary alicyclic amines) is 1. The van der Waals surface area contributed by atoms with E-state index in [-0.39, 0.29) is 11.4 Å². The average molecular weight is 241 g/mol. The number of piperidine rings is 1. The van der Waals surface area contributed by atoms with E-state index >= 15 is 0 Å². The minimum Gasteiger partial charge on any atom is -0.445 e. The van der Waals surface area contributed by atoms with Crippen LogP contribution in [0.3, 0.4) is 0 Å². The number of nitrogens with zero attached hydrogens (tertiary/aromatic N) is 1. The summed E-state index contributed by atoms with van der Waals surface area (Å²) >= 11 is 0.